The number of carbonyl (C=O) groups excluding carboxylic acids is 1. The molecule has 0 aliphatic heterocycles. The van der Waals surface area contributed by atoms with E-state index in [0.29, 0.717) is 13.1 Å². The van der Waals surface area contributed by atoms with Gasteiger partial charge in [-0.3, -0.25) is 4.79 Å². The zero-order valence-corrected chi connectivity index (χ0v) is 16.2. The molecule has 1 amide bonds. The maximum absolute atomic E-state index is 13.2. The molecule has 146 valence electrons. The molecule has 0 spiro atoms. The van der Waals surface area contributed by atoms with Gasteiger partial charge in [0, 0.05) is 37.3 Å². The van der Waals surface area contributed by atoms with Crippen LogP contribution in [-0.4, -0.2) is 28.8 Å². The van der Waals surface area contributed by atoms with Crippen LogP contribution in [-0.2, 0) is 11.3 Å². The van der Waals surface area contributed by atoms with Crippen LogP contribution in [0.25, 0.3) is 16.9 Å². The third kappa shape index (κ3) is 5.27. The van der Waals surface area contributed by atoms with Crippen LogP contribution in [0.4, 0.5) is 4.39 Å². The van der Waals surface area contributed by atoms with Crippen LogP contribution in [0.5, 0.6) is 0 Å². The molecule has 0 aliphatic rings. The highest BCUT2D eigenvalue weighted by Crippen LogP contribution is 2.24. The van der Waals surface area contributed by atoms with E-state index in [0.717, 1.165) is 35.5 Å². The Morgan fingerprint density at radius 2 is 1.79 bits per heavy atom. The second-order valence-electron chi connectivity index (χ2n) is 6.80. The van der Waals surface area contributed by atoms with Gasteiger partial charge in [0.05, 0.1) is 11.4 Å². The van der Waals surface area contributed by atoms with E-state index in [9.17, 15) is 9.18 Å². The summed E-state index contributed by atoms with van der Waals surface area (Å²) in [7, 11) is 0. The zero-order chi connectivity index (χ0) is 19.9. The second-order valence-corrected chi connectivity index (χ2v) is 6.80. The van der Waals surface area contributed by atoms with Crippen LogP contribution in [0.3, 0.4) is 0 Å². The first kappa shape index (κ1) is 19.8. The van der Waals surface area contributed by atoms with E-state index in [4.69, 9.17) is 5.10 Å². The molecule has 6 heteroatoms. The summed E-state index contributed by atoms with van der Waals surface area (Å²) in [5, 5.41) is 10.9. The van der Waals surface area contributed by atoms with Gasteiger partial charge in [-0.25, -0.2) is 9.07 Å². The fourth-order valence-electron chi connectivity index (χ4n) is 2.92. The van der Waals surface area contributed by atoms with Crippen LogP contribution in [0, 0.1) is 12.7 Å². The number of halogens is 1. The van der Waals surface area contributed by atoms with E-state index in [1.807, 2.05) is 6.20 Å². The van der Waals surface area contributed by atoms with Crippen molar-refractivity contribution in [1.82, 2.24) is 20.4 Å². The van der Waals surface area contributed by atoms with Crippen LogP contribution < -0.4 is 10.6 Å². The lowest BCUT2D eigenvalue weighted by atomic mass is 10.1. The van der Waals surface area contributed by atoms with Crippen molar-refractivity contribution in [3.8, 4) is 16.9 Å². The molecule has 0 radical (unpaired) electrons. The van der Waals surface area contributed by atoms with Gasteiger partial charge in [-0.05, 0) is 44.2 Å². The normalized spacial score (nSPS) is 10.8. The summed E-state index contributed by atoms with van der Waals surface area (Å²) in [5.41, 5.74) is 5.01. The van der Waals surface area contributed by atoms with Crippen LogP contribution in [0.1, 0.15) is 24.5 Å². The number of nitrogens with one attached hydrogen (secondary N) is 2. The van der Waals surface area contributed by atoms with Gasteiger partial charge in [0.15, 0.2) is 0 Å². The highest BCUT2D eigenvalue weighted by atomic mass is 19.1. The first-order valence-corrected chi connectivity index (χ1v) is 9.39. The zero-order valence-electron chi connectivity index (χ0n) is 16.2. The summed E-state index contributed by atoms with van der Waals surface area (Å²) in [6, 6.07) is 14.6. The number of hydrogen-bond donors (Lipinski definition) is 2. The molecular weight excluding hydrogens is 355 g/mol. The SMILES string of the molecule is CC(=O)NCCCNCc1cn(-c2ccc(F)cc2)nc1-c1ccc(C)cc1. The Hall–Kier alpha value is -2.99. The van der Waals surface area contributed by atoms with Crippen molar-refractivity contribution in [3.63, 3.8) is 0 Å². The lowest BCUT2D eigenvalue weighted by Crippen LogP contribution is -2.25. The van der Waals surface area contributed by atoms with Gasteiger partial charge < -0.3 is 10.6 Å². The van der Waals surface area contributed by atoms with E-state index in [1.54, 1.807) is 16.8 Å². The molecular formula is C22H25FN4O. The average Bonchev–Trinajstić information content (AvgIpc) is 3.09. The first-order chi connectivity index (χ1) is 13.5. The minimum atomic E-state index is -0.268. The molecule has 1 aromatic heterocycles. The Morgan fingerprint density at radius 1 is 1.07 bits per heavy atom. The van der Waals surface area contributed by atoms with Crippen molar-refractivity contribution in [2.75, 3.05) is 13.1 Å². The molecule has 0 bridgehead atoms. The third-order valence-electron chi connectivity index (χ3n) is 4.43. The summed E-state index contributed by atoms with van der Waals surface area (Å²) in [6.07, 6.45) is 2.83. The Labute approximate surface area is 164 Å². The Morgan fingerprint density at radius 3 is 2.46 bits per heavy atom. The number of aromatic nitrogens is 2. The summed E-state index contributed by atoms with van der Waals surface area (Å²) < 4.78 is 15.0. The van der Waals surface area contributed by atoms with Crippen molar-refractivity contribution >= 4 is 5.91 Å². The quantitative estimate of drug-likeness (QED) is 0.587. The summed E-state index contributed by atoms with van der Waals surface area (Å²) in [5.74, 6) is -0.280. The number of hydrogen-bond acceptors (Lipinski definition) is 3. The summed E-state index contributed by atoms with van der Waals surface area (Å²) in [4.78, 5) is 10.9. The van der Waals surface area contributed by atoms with Crippen molar-refractivity contribution in [1.29, 1.82) is 0 Å². The highest BCUT2D eigenvalue weighted by Gasteiger charge is 2.12. The number of aryl methyl sites for hydroxylation is 1. The topological polar surface area (TPSA) is 59.0 Å². The second kappa shape index (κ2) is 9.28. The molecule has 0 atom stereocenters. The molecule has 0 fully saturated rings. The van der Waals surface area contributed by atoms with E-state index >= 15 is 0 Å². The van der Waals surface area contributed by atoms with Crippen molar-refractivity contribution in [2.24, 2.45) is 0 Å². The van der Waals surface area contributed by atoms with Gasteiger partial charge in [0.1, 0.15) is 5.82 Å². The molecule has 28 heavy (non-hydrogen) atoms. The monoisotopic (exact) mass is 380 g/mol. The fourth-order valence-corrected chi connectivity index (χ4v) is 2.92. The molecule has 1 heterocycles. The van der Waals surface area contributed by atoms with E-state index in [1.165, 1.54) is 24.6 Å². The smallest absolute Gasteiger partial charge is 0.216 e. The summed E-state index contributed by atoms with van der Waals surface area (Å²) >= 11 is 0. The maximum Gasteiger partial charge on any atom is 0.216 e. The lowest BCUT2D eigenvalue weighted by Gasteiger charge is -2.06. The van der Waals surface area contributed by atoms with Gasteiger partial charge in [0.2, 0.25) is 5.91 Å². The van der Waals surface area contributed by atoms with Crippen molar-refractivity contribution in [2.45, 2.75) is 26.8 Å². The largest absolute Gasteiger partial charge is 0.356 e. The maximum atomic E-state index is 13.2. The van der Waals surface area contributed by atoms with E-state index in [-0.39, 0.29) is 11.7 Å². The molecule has 0 aliphatic carbocycles. The van der Waals surface area contributed by atoms with Gasteiger partial charge >= 0.3 is 0 Å². The van der Waals surface area contributed by atoms with Crippen LogP contribution in [0.15, 0.2) is 54.7 Å². The Bertz CT molecular complexity index is 917. The van der Waals surface area contributed by atoms with Crippen molar-refractivity contribution < 1.29 is 9.18 Å². The molecule has 0 saturated heterocycles. The van der Waals surface area contributed by atoms with E-state index < -0.39 is 0 Å². The minimum absolute atomic E-state index is 0.0118. The van der Waals surface area contributed by atoms with Gasteiger partial charge in [-0.15, -0.1) is 0 Å². The summed E-state index contributed by atoms with van der Waals surface area (Å²) in [6.45, 7) is 5.67. The molecule has 0 saturated carbocycles. The lowest BCUT2D eigenvalue weighted by molar-refractivity contribution is -0.118. The average molecular weight is 380 g/mol. The molecule has 2 aromatic carbocycles. The molecule has 3 rings (SSSR count). The minimum Gasteiger partial charge on any atom is -0.356 e. The Balaban J connectivity index is 1.77. The number of amides is 1. The molecule has 2 N–H and O–H groups in total. The fraction of sp³-hybridized carbons (Fsp3) is 0.273. The number of nitrogens with zero attached hydrogens (tertiary/aromatic N) is 2. The highest BCUT2D eigenvalue weighted by molar-refractivity contribution is 5.72. The molecule has 3 aromatic rings. The number of benzene rings is 2. The predicted molar refractivity (Wildman–Crippen MR) is 109 cm³/mol. The molecule has 0 unspecified atom stereocenters. The number of carbonyl (C=O) groups is 1. The van der Waals surface area contributed by atoms with E-state index in [2.05, 4.69) is 41.8 Å². The number of rotatable bonds is 8. The van der Waals surface area contributed by atoms with Crippen molar-refractivity contribution in [3.05, 3.63) is 71.7 Å². The first-order valence-electron chi connectivity index (χ1n) is 9.39. The Kier molecular flexibility index (Phi) is 6.55. The standard InChI is InChI=1S/C22H25FN4O/c1-16-4-6-18(7-5-16)22-19(14-24-12-3-13-25-17(2)28)15-27(26-22)21-10-8-20(23)9-11-21/h4-11,15,24H,3,12-14H2,1-2H3,(H,25,28). The third-order valence-corrected chi connectivity index (χ3v) is 4.43. The molecule has 5 nitrogen and oxygen atoms in total. The van der Waals surface area contributed by atoms with Gasteiger partial charge in [-0.2, -0.15) is 5.10 Å². The van der Waals surface area contributed by atoms with Crippen LogP contribution >= 0.6 is 0 Å². The van der Waals surface area contributed by atoms with Gasteiger partial charge in [0.25, 0.3) is 0 Å². The van der Waals surface area contributed by atoms with Gasteiger partial charge in [-0.1, -0.05) is 29.8 Å². The van der Waals surface area contributed by atoms with Crippen LogP contribution in [0.2, 0.25) is 0 Å². The predicted octanol–water partition coefficient (Wildman–Crippen LogP) is 3.60.